The summed E-state index contributed by atoms with van der Waals surface area (Å²) in [4.78, 5) is 34.9. The van der Waals surface area contributed by atoms with Gasteiger partial charge in [0.2, 0.25) is 5.91 Å². The van der Waals surface area contributed by atoms with E-state index in [1.54, 1.807) is 35.3 Å². The number of hydrogen-bond donors (Lipinski definition) is 1. The normalized spacial score (nSPS) is 21.3. The second-order valence-corrected chi connectivity index (χ2v) is 8.89. The van der Waals surface area contributed by atoms with Crippen LogP contribution >= 0.6 is 0 Å². The third kappa shape index (κ3) is 4.22. The number of imide groups is 1. The zero-order valence-electron chi connectivity index (χ0n) is 19.1. The highest BCUT2D eigenvalue weighted by Crippen LogP contribution is 2.54. The Labute approximate surface area is 200 Å². The minimum atomic E-state index is -3.10. The van der Waals surface area contributed by atoms with Gasteiger partial charge >= 0.3 is 6.03 Å². The number of anilines is 1. The van der Waals surface area contributed by atoms with Crippen molar-refractivity contribution >= 4 is 17.8 Å². The van der Waals surface area contributed by atoms with Crippen LogP contribution in [0.3, 0.4) is 0 Å². The molecule has 11 heteroatoms. The Morgan fingerprint density at radius 1 is 1.09 bits per heavy atom. The molecule has 3 aromatic rings. The van der Waals surface area contributed by atoms with E-state index in [9.17, 15) is 18.4 Å². The summed E-state index contributed by atoms with van der Waals surface area (Å²) >= 11 is 0. The number of aromatic nitrogens is 4. The Morgan fingerprint density at radius 3 is 2.63 bits per heavy atom. The first-order valence-electron chi connectivity index (χ1n) is 11.4. The lowest BCUT2D eigenvalue weighted by atomic mass is 9.70. The summed E-state index contributed by atoms with van der Waals surface area (Å²) < 4.78 is 36.7. The Hall–Kier alpha value is -3.89. The van der Waals surface area contributed by atoms with Crippen LogP contribution < -0.4 is 10.1 Å². The maximum atomic E-state index is 14.6. The van der Waals surface area contributed by atoms with Crippen molar-refractivity contribution in [2.45, 2.75) is 38.0 Å². The quantitative estimate of drug-likeness (QED) is 0.582. The van der Waals surface area contributed by atoms with Crippen molar-refractivity contribution in [1.29, 1.82) is 0 Å². The topological polar surface area (TPSA) is 102 Å². The number of carbonyl (C=O) groups is 2. The predicted molar refractivity (Wildman–Crippen MR) is 122 cm³/mol. The molecule has 3 amide bonds. The summed E-state index contributed by atoms with van der Waals surface area (Å²) in [6, 6.07) is 5.83. The van der Waals surface area contributed by atoms with Crippen LogP contribution in [-0.2, 0) is 11.8 Å². The van der Waals surface area contributed by atoms with E-state index in [1.807, 2.05) is 13.2 Å². The maximum absolute atomic E-state index is 14.6. The molecule has 1 aliphatic heterocycles. The molecule has 1 spiro atoms. The zero-order chi connectivity index (χ0) is 24.6. The van der Waals surface area contributed by atoms with Crippen LogP contribution in [0.15, 0.2) is 49.1 Å². The molecule has 1 atom stereocenters. The van der Waals surface area contributed by atoms with E-state index < -0.39 is 23.3 Å². The smallest absolute Gasteiger partial charge is 0.329 e. The molecule has 0 aromatic carbocycles. The van der Waals surface area contributed by atoms with Crippen LogP contribution in [-0.4, -0.2) is 49.1 Å². The fourth-order valence-electron chi connectivity index (χ4n) is 4.74. The summed E-state index contributed by atoms with van der Waals surface area (Å²) in [7, 11) is 1.82. The summed E-state index contributed by atoms with van der Waals surface area (Å²) in [5.74, 6) is -2.76. The number of alkyl halides is 2. The number of aryl methyl sites for hydroxylation is 1. The second kappa shape index (κ2) is 8.71. The molecule has 4 heterocycles. The fraction of sp³-hybridized carbons (Fsp3) is 0.375. The van der Waals surface area contributed by atoms with Gasteiger partial charge in [0.25, 0.3) is 5.92 Å². The third-order valence-electron chi connectivity index (χ3n) is 6.65. The Balaban J connectivity index is 1.23. The molecule has 0 bridgehead atoms. The first kappa shape index (κ1) is 22.9. The highest BCUT2D eigenvalue weighted by Gasteiger charge is 2.64. The van der Waals surface area contributed by atoms with Crippen LogP contribution in [0.25, 0.3) is 11.3 Å². The van der Waals surface area contributed by atoms with Crippen molar-refractivity contribution in [1.82, 2.24) is 24.6 Å². The number of pyridine rings is 2. The van der Waals surface area contributed by atoms with Crippen LogP contribution in [0, 0.1) is 5.41 Å². The molecule has 3 aromatic heterocycles. The van der Waals surface area contributed by atoms with Crippen molar-refractivity contribution in [2.75, 3.05) is 11.9 Å². The van der Waals surface area contributed by atoms with E-state index in [1.165, 1.54) is 12.3 Å². The number of rotatable bonds is 4. The highest BCUT2D eigenvalue weighted by molar-refractivity contribution is 6.04. The molecule has 1 N–H and O–H groups in total. The van der Waals surface area contributed by atoms with Crippen LogP contribution in [0.5, 0.6) is 11.5 Å². The van der Waals surface area contributed by atoms with Gasteiger partial charge in [-0.2, -0.15) is 5.10 Å². The third-order valence-corrected chi connectivity index (χ3v) is 6.65. The number of hydrogen-bond acceptors (Lipinski definition) is 6. The highest BCUT2D eigenvalue weighted by atomic mass is 19.3. The van der Waals surface area contributed by atoms with Crippen molar-refractivity contribution in [3.63, 3.8) is 0 Å². The Morgan fingerprint density at radius 2 is 1.91 bits per heavy atom. The number of amides is 3. The van der Waals surface area contributed by atoms with Gasteiger partial charge in [-0.25, -0.2) is 18.6 Å². The summed E-state index contributed by atoms with van der Waals surface area (Å²) in [5, 5.41) is 6.66. The number of likely N-dealkylation sites (tertiary alicyclic amines) is 1. The van der Waals surface area contributed by atoms with Crippen LogP contribution in [0.4, 0.5) is 19.4 Å². The number of ether oxygens (including phenoxy) is 1. The minimum Gasteiger partial charge on any atom is -0.456 e. The Bertz CT molecular complexity index is 1260. The molecular formula is C24H24F2N6O3. The van der Waals surface area contributed by atoms with E-state index in [4.69, 9.17) is 4.74 Å². The van der Waals surface area contributed by atoms with Crippen molar-refractivity contribution in [3.05, 3.63) is 49.1 Å². The predicted octanol–water partition coefficient (Wildman–Crippen LogP) is 4.63. The van der Waals surface area contributed by atoms with E-state index in [0.717, 1.165) is 10.5 Å². The largest absolute Gasteiger partial charge is 0.456 e. The lowest BCUT2D eigenvalue weighted by molar-refractivity contribution is -0.171. The molecule has 35 heavy (non-hydrogen) atoms. The summed E-state index contributed by atoms with van der Waals surface area (Å²) in [6.07, 6.45) is 7.28. The molecule has 0 radical (unpaired) electrons. The first-order valence-corrected chi connectivity index (χ1v) is 11.4. The van der Waals surface area contributed by atoms with Gasteiger partial charge in [-0.1, -0.05) is 6.42 Å². The number of halogens is 2. The molecule has 1 unspecified atom stereocenters. The number of nitrogens with one attached hydrogen (secondary N) is 1. The summed E-state index contributed by atoms with van der Waals surface area (Å²) in [6.45, 7) is -0.0389. The molecule has 2 fully saturated rings. The zero-order valence-corrected chi connectivity index (χ0v) is 19.1. The van der Waals surface area contributed by atoms with Crippen molar-refractivity contribution < 1.29 is 23.1 Å². The molecule has 1 aliphatic carbocycles. The Kier molecular flexibility index (Phi) is 5.70. The van der Waals surface area contributed by atoms with E-state index in [0.29, 0.717) is 30.0 Å². The standard InChI is InChI=1S/C24H24F2N6O3/c1-31-15-16(13-29-31)19-12-17(6-10-27-19)35-18-4-5-20(28-14-18)30-22(34)32-11-9-23(21(32)33)7-2-3-8-24(23,25)26/h4-6,10,12-15H,2-3,7-9,11H2,1H3,(H,28,30,34). The van der Waals surface area contributed by atoms with E-state index >= 15 is 0 Å². The second-order valence-electron chi connectivity index (χ2n) is 8.89. The van der Waals surface area contributed by atoms with Gasteiger partial charge in [0.15, 0.2) is 0 Å². The molecule has 1 saturated carbocycles. The van der Waals surface area contributed by atoms with Gasteiger partial charge in [0.05, 0.1) is 18.1 Å². The molecule has 182 valence electrons. The SMILES string of the molecule is Cn1cc(-c2cc(Oc3ccc(NC(=O)N4CCC5(CCCCC5(F)F)C4=O)nc3)ccn2)cn1. The monoisotopic (exact) mass is 482 g/mol. The number of urea groups is 1. The molecule has 2 aliphatic rings. The molecule has 9 nitrogen and oxygen atoms in total. The van der Waals surface area contributed by atoms with Gasteiger partial charge in [-0.15, -0.1) is 0 Å². The van der Waals surface area contributed by atoms with Crippen LogP contribution in [0.2, 0.25) is 0 Å². The lowest BCUT2D eigenvalue weighted by Crippen LogP contribution is -2.51. The van der Waals surface area contributed by atoms with Gasteiger partial charge in [-0.3, -0.25) is 24.7 Å². The van der Waals surface area contributed by atoms with Gasteiger partial charge in [0.1, 0.15) is 22.7 Å². The maximum Gasteiger partial charge on any atom is 0.329 e. The average molecular weight is 482 g/mol. The van der Waals surface area contributed by atoms with Gasteiger partial charge in [-0.05, 0) is 37.5 Å². The number of carbonyl (C=O) groups excluding carboxylic acids is 2. The molecular weight excluding hydrogens is 458 g/mol. The summed E-state index contributed by atoms with van der Waals surface area (Å²) in [5.41, 5.74) is -0.227. The lowest BCUT2D eigenvalue weighted by Gasteiger charge is -2.39. The van der Waals surface area contributed by atoms with Crippen molar-refractivity contribution in [2.24, 2.45) is 12.5 Å². The van der Waals surface area contributed by atoms with E-state index in [2.05, 4.69) is 20.4 Å². The van der Waals surface area contributed by atoms with Gasteiger partial charge in [0, 0.05) is 44.0 Å². The average Bonchev–Trinajstić information content (AvgIpc) is 3.42. The molecule has 5 rings (SSSR count). The molecule has 1 saturated heterocycles. The van der Waals surface area contributed by atoms with Crippen LogP contribution in [0.1, 0.15) is 32.1 Å². The fourth-order valence-corrected chi connectivity index (χ4v) is 4.74. The van der Waals surface area contributed by atoms with E-state index in [-0.39, 0.29) is 31.6 Å². The number of nitrogens with zero attached hydrogens (tertiary/aromatic N) is 5. The first-order chi connectivity index (χ1) is 16.8. The van der Waals surface area contributed by atoms with Crippen molar-refractivity contribution in [3.8, 4) is 22.8 Å². The minimum absolute atomic E-state index is 0.0283. The van der Waals surface area contributed by atoms with Gasteiger partial charge < -0.3 is 4.74 Å².